The molecule has 3 rings (SSSR count). The fourth-order valence-electron chi connectivity index (χ4n) is 5.46. The zero-order valence-electron chi connectivity index (χ0n) is 14.4. The molecule has 2 saturated carbocycles. The summed E-state index contributed by atoms with van der Waals surface area (Å²) in [7, 11) is 0. The molecule has 4 atom stereocenters. The Morgan fingerprint density at radius 1 is 1.36 bits per heavy atom. The molecular formula is C20H30O2. The van der Waals surface area contributed by atoms with Crippen LogP contribution in [0, 0.1) is 22.7 Å². The summed E-state index contributed by atoms with van der Waals surface area (Å²) in [5, 5.41) is 0. The number of aldehydes is 1. The molecule has 22 heavy (non-hydrogen) atoms. The summed E-state index contributed by atoms with van der Waals surface area (Å²) in [5.41, 5.74) is 3.01. The third-order valence-corrected chi connectivity index (χ3v) is 6.75. The van der Waals surface area contributed by atoms with E-state index in [0.717, 1.165) is 30.6 Å². The first-order valence-corrected chi connectivity index (χ1v) is 8.83. The van der Waals surface area contributed by atoms with Gasteiger partial charge in [-0.3, -0.25) is 4.79 Å². The Balaban J connectivity index is 1.84. The normalized spacial score (nSPS) is 41.0. The van der Waals surface area contributed by atoms with E-state index in [1.807, 2.05) is 0 Å². The fourth-order valence-corrected chi connectivity index (χ4v) is 5.46. The second-order valence-corrected chi connectivity index (χ2v) is 8.53. The number of hydrogen-bond acceptors (Lipinski definition) is 2. The van der Waals surface area contributed by atoms with Crippen molar-refractivity contribution in [1.82, 2.24) is 0 Å². The number of epoxide rings is 1. The SMILES string of the molecule is C=C1CC[C@H]2C(C)(C)CCC[C@]2(C)[C@H]1C/C=C(/C=O)C1CO1. The molecule has 1 heterocycles. The molecule has 0 aromatic carbocycles. The summed E-state index contributed by atoms with van der Waals surface area (Å²) in [5.74, 6) is 1.29. The van der Waals surface area contributed by atoms with Gasteiger partial charge in [-0.2, -0.15) is 0 Å². The summed E-state index contributed by atoms with van der Waals surface area (Å²) in [6.07, 6.45) is 10.5. The quantitative estimate of drug-likeness (QED) is 0.326. The lowest BCUT2D eigenvalue weighted by molar-refractivity contribution is -0.105. The average molecular weight is 302 g/mol. The van der Waals surface area contributed by atoms with E-state index in [0.29, 0.717) is 23.4 Å². The minimum absolute atomic E-state index is 0.0701. The first kappa shape index (κ1) is 16.0. The van der Waals surface area contributed by atoms with E-state index >= 15 is 0 Å². The molecule has 0 aromatic rings. The topological polar surface area (TPSA) is 29.6 Å². The van der Waals surface area contributed by atoms with E-state index in [1.165, 1.54) is 31.3 Å². The number of rotatable bonds is 4. The standard InChI is InChI=1S/C20H30O2/c1-14-6-9-18-19(2,3)10-5-11-20(18,4)16(14)8-7-15(12-21)17-13-22-17/h7,12,16-18H,1,5-6,8-11,13H2,2-4H3/b15-7-/t16-,17?,18-,20+/m0/s1. The maximum atomic E-state index is 11.2. The molecule has 2 aliphatic carbocycles. The van der Waals surface area contributed by atoms with Crippen LogP contribution in [0.3, 0.4) is 0 Å². The molecule has 1 aliphatic heterocycles. The highest BCUT2D eigenvalue weighted by molar-refractivity contribution is 5.75. The lowest BCUT2D eigenvalue weighted by atomic mass is 9.47. The van der Waals surface area contributed by atoms with Gasteiger partial charge in [0.1, 0.15) is 12.4 Å². The summed E-state index contributed by atoms with van der Waals surface area (Å²) in [4.78, 5) is 11.2. The second-order valence-electron chi connectivity index (χ2n) is 8.53. The van der Waals surface area contributed by atoms with Crippen LogP contribution in [0.15, 0.2) is 23.8 Å². The predicted octanol–water partition coefficient (Wildman–Crippen LogP) is 4.70. The Labute approximate surface area is 135 Å². The van der Waals surface area contributed by atoms with Crippen molar-refractivity contribution in [3.05, 3.63) is 23.8 Å². The van der Waals surface area contributed by atoms with Gasteiger partial charge in [0.05, 0.1) is 6.61 Å². The van der Waals surface area contributed by atoms with E-state index < -0.39 is 0 Å². The third kappa shape index (κ3) is 2.71. The maximum absolute atomic E-state index is 11.2. The van der Waals surface area contributed by atoms with Gasteiger partial charge in [-0.1, -0.05) is 45.4 Å². The van der Waals surface area contributed by atoms with Gasteiger partial charge < -0.3 is 4.74 Å². The maximum Gasteiger partial charge on any atom is 0.148 e. The molecule has 3 aliphatic rings. The number of hydrogen-bond donors (Lipinski definition) is 0. The number of allylic oxidation sites excluding steroid dienone is 2. The fraction of sp³-hybridized carbons (Fsp3) is 0.750. The lowest BCUT2D eigenvalue weighted by Crippen LogP contribution is -2.49. The Hall–Kier alpha value is -0.890. The molecular weight excluding hydrogens is 272 g/mol. The summed E-state index contributed by atoms with van der Waals surface area (Å²) < 4.78 is 5.27. The molecule has 0 amide bonds. The van der Waals surface area contributed by atoms with Crippen molar-refractivity contribution < 1.29 is 9.53 Å². The molecule has 1 unspecified atom stereocenters. The molecule has 122 valence electrons. The molecule has 2 nitrogen and oxygen atoms in total. The zero-order valence-corrected chi connectivity index (χ0v) is 14.4. The van der Waals surface area contributed by atoms with Crippen LogP contribution < -0.4 is 0 Å². The van der Waals surface area contributed by atoms with Crippen molar-refractivity contribution in [1.29, 1.82) is 0 Å². The molecule has 0 bridgehead atoms. The molecule has 3 fully saturated rings. The Bertz CT molecular complexity index is 498. The highest BCUT2D eigenvalue weighted by Gasteiger charge is 2.52. The Morgan fingerprint density at radius 2 is 2.09 bits per heavy atom. The minimum Gasteiger partial charge on any atom is -0.368 e. The van der Waals surface area contributed by atoms with Crippen molar-refractivity contribution in [2.24, 2.45) is 22.7 Å². The van der Waals surface area contributed by atoms with E-state index in [9.17, 15) is 4.79 Å². The smallest absolute Gasteiger partial charge is 0.148 e. The molecule has 0 N–H and O–H groups in total. The zero-order chi connectivity index (χ0) is 16.0. The van der Waals surface area contributed by atoms with Crippen molar-refractivity contribution in [3.8, 4) is 0 Å². The van der Waals surface area contributed by atoms with Crippen LogP contribution in [0.2, 0.25) is 0 Å². The van der Waals surface area contributed by atoms with Crippen LogP contribution in [-0.4, -0.2) is 19.0 Å². The molecule has 1 saturated heterocycles. The van der Waals surface area contributed by atoms with Gasteiger partial charge >= 0.3 is 0 Å². The number of ether oxygens (including phenoxy) is 1. The summed E-state index contributed by atoms with van der Waals surface area (Å²) in [6.45, 7) is 12.5. The lowest BCUT2D eigenvalue weighted by Gasteiger charge is -2.58. The van der Waals surface area contributed by atoms with Gasteiger partial charge in [0.2, 0.25) is 0 Å². The van der Waals surface area contributed by atoms with Crippen molar-refractivity contribution >= 4 is 6.29 Å². The third-order valence-electron chi connectivity index (χ3n) is 6.75. The Morgan fingerprint density at radius 3 is 2.73 bits per heavy atom. The molecule has 0 radical (unpaired) electrons. The highest BCUT2D eigenvalue weighted by Crippen LogP contribution is 2.61. The van der Waals surface area contributed by atoms with Crippen molar-refractivity contribution in [2.45, 2.75) is 65.4 Å². The van der Waals surface area contributed by atoms with Gasteiger partial charge in [-0.25, -0.2) is 0 Å². The minimum atomic E-state index is 0.0701. The van der Waals surface area contributed by atoms with Crippen LogP contribution in [0.1, 0.15) is 59.3 Å². The highest BCUT2D eigenvalue weighted by atomic mass is 16.6. The molecule has 0 spiro atoms. The van der Waals surface area contributed by atoms with E-state index in [-0.39, 0.29) is 6.10 Å². The monoisotopic (exact) mass is 302 g/mol. The van der Waals surface area contributed by atoms with Crippen LogP contribution in [0.4, 0.5) is 0 Å². The molecule has 0 aromatic heterocycles. The van der Waals surface area contributed by atoms with Crippen molar-refractivity contribution in [2.75, 3.05) is 6.61 Å². The van der Waals surface area contributed by atoms with Crippen molar-refractivity contribution in [3.63, 3.8) is 0 Å². The van der Waals surface area contributed by atoms with E-state index in [1.54, 1.807) is 0 Å². The van der Waals surface area contributed by atoms with Gasteiger partial charge in [-0.05, 0) is 54.8 Å². The number of fused-ring (bicyclic) bond motifs is 1. The van der Waals surface area contributed by atoms with Gasteiger partial charge in [0.25, 0.3) is 0 Å². The van der Waals surface area contributed by atoms with Crippen LogP contribution in [0.25, 0.3) is 0 Å². The number of carbonyl (C=O) groups is 1. The first-order valence-electron chi connectivity index (χ1n) is 8.83. The molecule has 2 heteroatoms. The van der Waals surface area contributed by atoms with E-state index in [2.05, 4.69) is 33.4 Å². The number of carbonyl (C=O) groups excluding carboxylic acids is 1. The van der Waals surface area contributed by atoms with E-state index in [4.69, 9.17) is 4.74 Å². The van der Waals surface area contributed by atoms with Gasteiger partial charge in [0.15, 0.2) is 0 Å². The second kappa shape index (κ2) is 5.63. The Kier molecular flexibility index (Phi) is 4.09. The largest absolute Gasteiger partial charge is 0.368 e. The predicted molar refractivity (Wildman–Crippen MR) is 89.6 cm³/mol. The van der Waals surface area contributed by atoms with Crippen LogP contribution >= 0.6 is 0 Å². The van der Waals surface area contributed by atoms with Crippen LogP contribution in [0.5, 0.6) is 0 Å². The van der Waals surface area contributed by atoms with Gasteiger partial charge in [0, 0.05) is 5.57 Å². The van der Waals surface area contributed by atoms with Gasteiger partial charge in [-0.15, -0.1) is 0 Å². The summed E-state index contributed by atoms with van der Waals surface area (Å²) >= 11 is 0. The summed E-state index contributed by atoms with van der Waals surface area (Å²) in [6, 6.07) is 0. The van der Waals surface area contributed by atoms with Crippen LogP contribution in [-0.2, 0) is 9.53 Å². The first-order chi connectivity index (χ1) is 10.4. The average Bonchev–Trinajstić information content (AvgIpc) is 3.25.